The summed E-state index contributed by atoms with van der Waals surface area (Å²) in [6.07, 6.45) is 0. The van der Waals surface area contributed by atoms with Crippen molar-refractivity contribution in [2.75, 3.05) is 5.88 Å². The van der Waals surface area contributed by atoms with E-state index in [1.807, 2.05) is 6.07 Å². The van der Waals surface area contributed by atoms with Gasteiger partial charge in [0.05, 0.1) is 5.88 Å². The zero-order valence-electron chi connectivity index (χ0n) is 7.47. The molecule has 0 N–H and O–H groups in total. The van der Waals surface area contributed by atoms with E-state index in [2.05, 4.69) is 0 Å². The molecule has 0 bridgehead atoms. The van der Waals surface area contributed by atoms with E-state index in [4.69, 9.17) is 16.9 Å². The number of carbonyl (C=O) groups is 1. The number of nitriles is 1. The van der Waals surface area contributed by atoms with E-state index < -0.39 is 0 Å². The Kier molecular flexibility index (Phi) is 2.74. The van der Waals surface area contributed by atoms with Crippen molar-refractivity contribution < 1.29 is 4.79 Å². The molecule has 0 aromatic carbocycles. The largest absolute Gasteiger partial charge is 0.339 e. The fourth-order valence-corrected chi connectivity index (χ4v) is 1.30. The van der Waals surface area contributed by atoms with Gasteiger partial charge in [-0.1, -0.05) is 0 Å². The summed E-state index contributed by atoms with van der Waals surface area (Å²) in [5.41, 5.74) is 1.79. The van der Waals surface area contributed by atoms with Gasteiger partial charge in [0.2, 0.25) is 0 Å². The van der Waals surface area contributed by atoms with Crippen LogP contribution in [0.15, 0.2) is 6.07 Å². The zero-order chi connectivity index (χ0) is 10.0. The fraction of sp³-hybridized carbons (Fsp3) is 0.333. The average Bonchev–Trinajstić information content (AvgIpc) is 2.43. The van der Waals surface area contributed by atoms with Crippen molar-refractivity contribution in [2.24, 2.45) is 7.05 Å². The number of hydrogen-bond donors (Lipinski definition) is 0. The van der Waals surface area contributed by atoms with Crippen molar-refractivity contribution in [2.45, 2.75) is 6.92 Å². The van der Waals surface area contributed by atoms with Crippen LogP contribution in [0, 0.1) is 18.3 Å². The Bertz CT molecular complexity index is 387. The number of rotatable bonds is 2. The predicted octanol–water partition coefficient (Wildman–Crippen LogP) is 1.63. The van der Waals surface area contributed by atoms with Crippen LogP contribution in [0.3, 0.4) is 0 Å². The molecule has 0 fully saturated rings. The van der Waals surface area contributed by atoms with Crippen LogP contribution in [0.25, 0.3) is 0 Å². The number of halogens is 1. The highest BCUT2D eigenvalue weighted by Crippen LogP contribution is 2.14. The Morgan fingerprint density at radius 1 is 1.77 bits per heavy atom. The summed E-state index contributed by atoms with van der Waals surface area (Å²) in [5, 5.41) is 8.70. The molecule has 1 rings (SSSR count). The van der Waals surface area contributed by atoms with E-state index >= 15 is 0 Å². The highest BCUT2D eigenvalue weighted by atomic mass is 35.5. The SMILES string of the molecule is Cc1c(C(=O)CCl)cc(C#N)n1C. The summed E-state index contributed by atoms with van der Waals surface area (Å²) < 4.78 is 1.68. The van der Waals surface area contributed by atoms with E-state index in [9.17, 15) is 4.79 Å². The van der Waals surface area contributed by atoms with Crippen molar-refractivity contribution in [3.8, 4) is 6.07 Å². The average molecular weight is 197 g/mol. The second-order valence-corrected chi connectivity index (χ2v) is 3.02. The number of nitrogens with zero attached hydrogens (tertiary/aromatic N) is 2. The van der Waals surface area contributed by atoms with E-state index in [1.54, 1.807) is 24.6 Å². The second-order valence-electron chi connectivity index (χ2n) is 2.76. The third-order valence-corrected chi connectivity index (χ3v) is 2.31. The molecule has 1 heterocycles. The summed E-state index contributed by atoms with van der Waals surface area (Å²) >= 11 is 5.42. The molecule has 68 valence electrons. The molecule has 0 atom stereocenters. The molecule has 0 amide bonds. The summed E-state index contributed by atoms with van der Waals surface area (Å²) in [5.74, 6) is -0.188. The topological polar surface area (TPSA) is 45.8 Å². The van der Waals surface area contributed by atoms with Gasteiger partial charge in [-0.25, -0.2) is 0 Å². The maximum Gasteiger partial charge on any atom is 0.179 e. The molecule has 0 radical (unpaired) electrons. The Balaban J connectivity index is 3.27. The molecule has 1 aromatic rings. The normalized spacial score (nSPS) is 9.69. The smallest absolute Gasteiger partial charge is 0.179 e. The second kappa shape index (κ2) is 3.63. The summed E-state index contributed by atoms with van der Waals surface area (Å²) in [6.45, 7) is 1.79. The van der Waals surface area contributed by atoms with E-state index in [1.165, 1.54) is 0 Å². The van der Waals surface area contributed by atoms with Gasteiger partial charge in [0.15, 0.2) is 5.78 Å². The first-order valence-electron chi connectivity index (χ1n) is 3.77. The van der Waals surface area contributed by atoms with Crippen LogP contribution in [0.2, 0.25) is 0 Å². The van der Waals surface area contributed by atoms with E-state index in [0.717, 1.165) is 5.69 Å². The number of alkyl halides is 1. The van der Waals surface area contributed by atoms with Crippen molar-refractivity contribution in [3.63, 3.8) is 0 Å². The quantitative estimate of drug-likeness (QED) is 0.533. The van der Waals surface area contributed by atoms with Crippen LogP contribution in [0.5, 0.6) is 0 Å². The number of ketones is 1. The first-order valence-corrected chi connectivity index (χ1v) is 4.30. The van der Waals surface area contributed by atoms with Crippen molar-refractivity contribution in [3.05, 3.63) is 23.0 Å². The molecule has 3 nitrogen and oxygen atoms in total. The lowest BCUT2D eigenvalue weighted by Crippen LogP contribution is -2.02. The molecule has 0 saturated heterocycles. The van der Waals surface area contributed by atoms with Gasteiger partial charge in [-0.15, -0.1) is 11.6 Å². The predicted molar refractivity (Wildman–Crippen MR) is 49.9 cm³/mol. The monoisotopic (exact) mass is 196 g/mol. The first-order chi connectivity index (χ1) is 6.11. The van der Waals surface area contributed by atoms with Crippen molar-refractivity contribution in [1.29, 1.82) is 5.26 Å². The number of hydrogen-bond acceptors (Lipinski definition) is 2. The molecular weight excluding hydrogens is 188 g/mol. The molecule has 0 unspecified atom stereocenters. The fourth-order valence-electron chi connectivity index (χ4n) is 1.16. The summed E-state index contributed by atoms with van der Waals surface area (Å²) in [6, 6.07) is 3.57. The lowest BCUT2D eigenvalue weighted by Gasteiger charge is -1.98. The molecule has 0 aliphatic rings. The van der Waals surface area contributed by atoms with Gasteiger partial charge in [0.1, 0.15) is 11.8 Å². The molecule has 13 heavy (non-hydrogen) atoms. The Hall–Kier alpha value is -1.27. The van der Waals surface area contributed by atoms with Gasteiger partial charge in [-0.2, -0.15) is 5.26 Å². The minimum absolute atomic E-state index is 0.0459. The van der Waals surface area contributed by atoms with Crippen LogP contribution in [0.1, 0.15) is 21.7 Å². The van der Waals surface area contributed by atoms with Crippen LogP contribution in [-0.2, 0) is 7.05 Å². The van der Waals surface area contributed by atoms with Crippen LogP contribution in [-0.4, -0.2) is 16.2 Å². The van der Waals surface area contributed by atoms with Crippen molar-refractivity contribution in [1.82, 2.24) is 4.57 Å². The zero-order valence-corrected chi connectivity index (χ0v) is 8.22. The lowest BCUT2D eigenvalue weighted by molar-refractivity contribution is 0.102. The van der Waals surface area contributed by atoms with Gasteiger partial charge >= 0.3 is 0 Å². The molecule has 4 heteroatoms. The third-order valence-electron chi connectivity index (χ3n) is 2.07. The number of aromatic nitrogens is 1. The summed E-state index contributed by atoms with van der Waals surface area (Å²) in [7, 11) is 1.75. The Morgan fingerprint density at radius 2 is 2.38 bits per heavy atom. The van der Waals surface area contributed by atoms with Crippen LogP contribution in [0.4, 0.5) is 0 Å². The van der Waals surface area contributed by atoms with Gasteiger partial charge < -0.3 is 4.57 Å². The van der Waals surface area contributed by atoms with Gasteiger partial charge in [0.25, 0.3) is 0 Å². The Morgan fingerprint density at radius 3 is 2.77 bits per heavy atom. The van der Waals surface area contributed by atoms with Gasteiger partial charge in [-0.3, -0.25) is 4.79 Å². The number of carbonyl (C=O) groups excluding carboxylic acids is 1. The van der Waals surface area contributed by atoms with Gasteiger partial charge in [-0.05, 0) is 13.0 Å². The maximum absolute atomic E-state index is 11.3. The molecule has 1 aromatic heterocycles. The lowest BCUT2D eigenvalue weighted by atomic mass is 10.2. The van der Waals surface area contributed by atoms with E-state index in [-0.39, 0.29) is 11.7 Å². The molecule has 0 saturated carbocycles. The van der Waals surface area contributed by atoms with Crippen LogP contribution >= 0.6 is 11.6 Å². The maximum atomic E-state index is 11.3. The highest BCUT2D eigenvalue weighted by molar-refractivity contribution is 6.30. The first kappa shape index (κ1) is 9.82. The standard InChI is InChI=1S/C9H9ClN2O/c1-6-8(9(13)4-10)3-7(5-11)12(6)2/h3H,4H2,1-2H3. The third kappa shape index (κ3) is 1.58. The summed E-state index contributed by atoms with van der Waals surface area (Å²) in [4.78, 5) is 11.3. The van der Waals surface area contributed by atoms with Crippen LogP contribution < -0.4 is 0 Å². The molecular formula is C9H9ClN2O. The van der Waals surface area contributed by atoms with E-state index in [0.29, 0.717) is 11.3 Å². The Labute approximate surface area is 81.5 Å². The number of Topliss-reactive ketones (excluding diaryl/α,β-unsaturated/α-hetero) is 1. The van der Waals surface area contributed by atoms with Crippen molar-refractivity contribution >= 4 is 17.4 Å². The molecule has 0 aliphatic carbocycles. The highest BCUT2D eigenvalue weighted by Gasteiger charge is 2.13. The van der Waals surface area contributed by atoms with Gasteiger partial charge in [0, 0.05) is 18.3 Å². The minimum atomic E-state index is -0.142. The molecule has 0 aliphatic heterocycles. The minimum Gasteiger partial charge on any atom is -0.339 e. The molecule has 0 spiro atoms.